The highest BCUT2D eigenvalue weighted by Crippen LogP contribution is 2.27. The van der Waals surface area contributed by atoms with Crippen molar-refractivity contribution >= 4 is 41.2 Å². The second-order valence-corrected chi connectivity index (χ2v) is 7.14. The summed E-state index contributed by atoms with van der Waals surface area (Å²) in [5.41, 5.74) is 5.48. The molecule has 0 atom stereocenters. The van der Waals surface area contributed by atoms with E-state index in [9.17, 15) is 5.11 Å². The molecule has 10 heteroatoms. The number of nitrogens with zero attached hydrogens (tertiary/aromatic N) is 5. The molecular weight excluding hydrogens is 400 g/mol. The number of methoxy groups -OCH3 is 1. The van der Waals surface area contributed by atoms with Crippen molar-refractivity contribution in [3.05, 3.63) is 58.6 Å². The van der Waals surface area contributed by atoms with Crippen LogP contribution in [0.3, 0.4) is 0 Å². The number of nitrogens with one attached hydrogen (secondary N) is 1. The summed E-state index contributed by atoms with van der Waals surface area (Å²) in [5.74, 6) is 1.53. The molecule has 142 valence electrons. The van der Waals surface area contributed by atoms with Gasteiger partial charge in [0.1, 0.15) is 0 Å². The number of benzene rings is 2. The zero-order valence-electron chi connectivity index (χ0n) is 14.7. The van der Waals surface area contributed by atoms with Gasteiger partial charge in [-0.25, -0.2) is 5.43 Å². The Labute approximate surface area is 169 Å². The van der Waals surface area contributed by atoms with Gasteiger partial charge in [-0.1, -0.05) is 35.5 Å². The largest absolute Gasteiger partial charge is 0.504 e. The molecule has 2 aromatic carbocycles. The minimum Gasteiger partial charge on any atom is -0.504 e. The molecule has 1 aliphatic heterocycles. The summed E-state index contributed by atoms with van der Waals surface area (Å²) in [7, 11) is 1.49. The molecule has 0 fully saturated rings. The third kappa shape index (κ3) is 3.80. The number of hydrogen-bond donors (Lipinski definition) is 2. The number of fused-ring (bicyclic) bond motifs is 1. The Morgan fingerprint density at radius 2 is 2.07 bits per heavy atom. The van der Waals surface area contributed by atoms with Crippen molar-refractivity contribution in [2.24, 2.45) is 10.2 Å². The topological polar surface area (TPSA) is 96.9 Å². The molecule has 2 heterocycles. The Balaban J connectivity index is 1.54. The van der Waals surface area contributed by atoms with Gasteiger partial charge < -0.3 is 9.84 Å². The maximum Gasteiger partial charge on any atom is 0.266 e. The van der Waals surface area contributed by atoms with Crippen LogP contribution >= 0.6 is 23.4 Å². The number of thioether (sulfide) groups is 1. The first-order valence-electron chi connectivity index (χ1n) is 8.22. The van der Waals surface area contributed by atoms with Crippen LogP contribution in [0.5, 0.6) is 11.5 Å². The second-order valence-electron chi connectivity index (χ2n) is 5.76. The van der Waals surface area contributed by atoms with E-state index < -0.39 is 0 Å². The highest BCUT2D eigenvalue weighted by Gasteiger charge is 2.19. The minimum atomic E-state index is 0.0697. The predicted octanol–water partition coefficient (Wildman–Crippen LogP) is 3.45. The number of rotatable bonds is 5. The summed E-state index contributed by atoms with van der Waals surface area (Å²) < 4.78 is 6.70. The van der Waals surface area contributed by atoms with Crippen LogP contribution in [0.4, 0.5) is 5.95 Å². The lowest BCUT2D eigenvalue weighted by molar-refractivity contribution is 0.373. The molecule has 0 aliphatic carbocycles. The molecule has 0 saturated heterocycles. The zero-order valence-corrected chi connectivity index (χ0v) is 16.3. The van der Waals surface area contributed by atoms with E-state index in [0.29, 0.717) is 27.6 Å². The molecule has 4 rings (SSSR count). The Bertz CT molecular complexity index is 1060. The Morgan fingerprint density at radius 3 is 2.86 bits per heavy atom. The van der Waals surface area contributed by atoms with Crippen LogP contribution in [0.15, 0.2) is 57.8 Å². The van der Waals surface area contributed by atoms with Gasteiger partial charge in [-0.3, -0.25) is 0 Å². The van der Waals surface area contributed by atoms with E-state index >= 15 is 0 Å². The lowest BCUT2D eigenvalue weighted by atomic mass is 10.1. The number of phenolic OH excluding ortho intramolecular Hbond substituents is 1. The summed E-state index contributed by atoms with van der Waals surface area (Å²) in [5, 5.41) is 28.0. The van der Waals surface area contributed by atoms with Crippen LogP contribution in [0, 0.1) is 0 Å². The van der Waals surface area contributed by atoms with Crippen molar-refractivity contribution in [1.29, 1.82) is 0 Å². The third-order valence-electron chi connectivity index (χ3n) is 3.93. The first-order valence-corrected chi connectivity index (χ1v) is 9.58. The fraction of sp³-hybridized carbons (Fsp3) is 0.111. The molecule has 1 aromatic heterocycles. The first kappa shape index (κ1) is 18.3. The van der Waals surface area contributed by atoms with Crippen LogP contribution in [-0.2, 0) is 0 Å². The second kappa shape index (κ2) is 7.91. The predicted molar refractivity (Wildman–Crippen MR) is 110 cm³/mol. The molecule has 3 aromatic rings. The van der Waals surface area contributed by atoms with Crippen molar-refractivity contribution in [2.45, 2.75) is 5.16 Å². The number of hydrogen-bond acceptors (Lipinski definition) is 8. The van der Waals surface area contributed by atoms with Crippen molar-refractivity contribution in [3.63, 3.8) is 0 Å². The Kier molecular flexibility index (Phi) is 5.18. The minimum absolute atomic E-state index is 0.0697. The SMILES string of the molecule is COc1cc(/C=N/Nc2nnc3n2N=C(c2ccc(Cl)cc2)CS3)ccc1O. The van der Waals surface area contributed by atoms with Crippen LogP contribution < -0.4 is 10.2 Å². The quantitative estimate of drug-likeness (QED) is 0.490. The monoisotopic (exact) mass is 414 g/mol. The molecule has 0 spiro atoms. The van der Waals surface area contributed by atoms with Crippen LogP contribution in [0.25, 0.3) is 0 Å². The number of anilines is 1. The standard InChI is InChI=1S/C18H15ClN6O2S/c1-27-16-8-11(2-7-15(16)26)9-20-21-17-22-23-18-25(17)24-14(10-28-18)12-3-5-13(19)6-4-12/h2-9,26H,10H2,1H3,(H,21,22)/b20-9+. The maximum atomic E-state index is 9.65. The fourth-order valence-corrected chi connectivity index (χ4v) is 3.48. The van der Waals surface area contributed by atoms with Gasteiger partial charge in [0.15, 0.2) is 11.5 Å². The lowest BCUT2D eigenvalue weighted by Gasteiger charge is -2.13. The lowest BCUT2D eigenvalue weighted by Crippen LogP contribution is -2.14. The molecule has 8 nitrogen and oxygen atoms in total. The van der Waals surface area contributed by atoms with Crippen molar-refractivity contribution < 1.29 is 9.84 Å². The summed E-state index contributed by atoms with van der Waals surface area (Å²) >= 11 is 7.50. The van der Waals surface area contributed by atoms with E-state index in [1.165, 1.54) is 7.11 Å². The molecule has 0 radical (unpaired) electrons. The van der Waals surface area contributed by atoms with Gasteiger partial charge in [0.25, 0.3) is 5.95 Å². The number of ether oxygens (including phenoxy) is 1. The van der Waals surface area contributed by atoms with Gasteiger partial charge in [0.05, 0.1) is 19.0 Å². The smallest absolute Gasteiger partial charge is 0.266 e. The van der Waals surface area contributed by atoms with Gasteiger partial charge in [-0.15, -0.1) is 10.2 Å². The summed E-state index contributed by atoms with van der Waals surface area (Å²) in [4.78, 5) is 0. The van der Waals surface area contributed by atoms with Crippen LogP contribution in [-0.4, -0.2) is 44.8 Å². The molecule has 0 amide bonds. The highest BCUT2D eigenvalue weighted by molar-refractivity contribution is 7.99. The van der Waals surface area contributed by atoms with Gasteiger partial charge in [0.2, 0.25) is 5.16 Å². The van der Waals surface area contributed by atoms with E-state index in [1.807, 2.05) is 24.3 Å². The van der Waals surface area contributed by atoms with Crippen LogP contribution in [0.2, 0.25) is 5.02 Å². The molecule has 0 saturated carbocycles. The first-order chi connectivity index (χ1) is 13.6. The van der Waals surface area contributed by atoms with Gasteiger partial charge in [0, 0.05) is 10.8 Å². The maximum absolute atomic E-state index is 9.65. The van der Waals surface area contributed by atoms with Crippen LogP contribution in [0.1, 0.15) is 11.1 Å². The molecule has 2 N–H and O–H groups in total. The van der Waals surface area contributed by atoms with Crippen molar-refractivity contribution in [3.8, 4) is 11.5 Å². The normalized spacial score (nSPS) is 13.3. The molecule has 0 unspecified atom stereocenters. The summed E-state index contributed by atoms with van der Waals surface area (Å²) in [6, 6.07) is 12.5. The van der Waals surface area contributed by atoms with E-state index in [-0.39, 0.29) is 5.75 Å². The number of phenols is 1. The molecule has 1 aliphatic rings. The number of hydrazone groups is 1. The average Bonchev–Trinajstić information content (AvgIpc) is 3.12. The van der Waals surface area contributed by atoms with E-state index in [0.717, 1.165) is 16.8 Å². The Hall–Kier alpha value is -3.04. The number of aromatic hydroxyl groups is 1. The fourth-order valence-electron chi connectivity index (χ4n) is 2.52. The number of halogens is 1. The molecule has 0 bridgehead atoms. The molecular formula is C18H15ClN6O2S. The summed E-state index contributed by atoms with van der Waals surface area (Å²) in [6.07, 6.45) is 1.59. The number of aromatic nitrogens is 3. The average molecular weight is 415 g/mol. The van der Waals surface area contributed by atoms with Crippen molar-refractivity contribution in [2.75, 3.05) is 18.3 Å². The van der Waals surface area contributed by atoms with E-state index in [4.69, 9.17) is 16.3 Å². The highest BCUT2D eigenvalue weighted by atomic mass is 35.5. The van der Waals surface area contributed by atoms with Gasteiger partial charge in [-0.05, 0) is 41.5 Å². The summed E-state index contributed by atoms with van der Waals surface area (Å²) in [6.45, 7) is 0. The third-order valence-corrected chi connectivity index (χ3v) is 5.11. The van der Waals surface area contributed by atoms with Gasteiger partial charge >= 0.3 is 0 Å². The van der Waals surface area contributed by atoms with Crippen molar-refractivity contribution in [1.82, 2.24) is 14.9 Å². The van der Waals surface area contributed by atoms with Gasteiger partial charge in [-0.2, -0.15) is 14.9 Å². The molecule has 28 heavy (non-hydrogen) atoms. The zero-order chi connectivity index (χ0) is 19.5. The van der Waals surface area contributed by atoms with E-state index in [1.54, 1.807) is 40.9 Å². The van der Waals surface area contributed by atoms with E-state index in [2.05, 4.69) is 25.8 Å². The Morgan fingerprint density at radius 1 is 1.25 bits per heavy atom.